The maximum Gasteiger partial charge on any atom is 0.132 e. The summed E-state index contributed by atoms with van der Waals surface area (Å²) < 4.78 is 4.95. The lowest BCUT2D eigenvalue weighted by Gasteiger charge is -2.05. The Balaban J connectivity index is 2.74. The fraction of sp³-hybridized carbons (Fsp3) is 0.556. The van der Waals surface area contributed by atoms with Gasteiger partial charge in [0.25, 0.3) is 0 Å². The number of nitrogens with zero attached hydrogens (tertiary/aromatic N) is 2. The summed E-state index contributed by atoms with van der Waals surface area (Å²) in [5.74, 6) is 1.71. The van der Waals surface area contributed by atoms with E-state index in [1.165, 1.54) is 0 Å². The van der Waals surface area contributed by atoms with Crippen molar-refractivity contribution < 1.29 is 4.74 Å². The zero-order valence-electron chi connectivity index (χ0n) is 8.29. The molecule has 0 bridgehead atoms. The van der Waals surface area contributed by atoms with Crippen LogP contribution < -0.4 is 5.32 Å². The Morgan fingerprint density at radius 2 is 2.31 bits per heavy atom. The molecule has 0 aliphatic carbocycles. The van der Waals surface area contributed by atoms with Gasteiger partial charge >= 0.3 is 0 Å². The van der Waals surface area contributed by atoms with Crippen molar-refractivity contribution in [3.63, 3.8) is 0 Å². The van der Waals surface area contributed by atoms with Gasteiger partial charge < -0.3 is 10.1 Å². The maximum absolute atomic E-state index is 4.95. The number of anilines is 1. The Hall–Kier alpha value is -1.16. The molecule has 1 rings (SSSR count). The molecule has 72 valence electrons. The first-order chi connectivity index (χ1) is 6.27. The number of rotatable bonds is 4. The first-order valence-corrected chi connectivity index (χ1v) is 4.27. The van der Waals surface area contributed by atoms with Crippen molar-refractivity contribution in [1.29, 1.82) is 0 Å². The summed E-state index contributed by atoms with van der Waals surface area (Å²) in [4.78, 5) is 8.52. The molecule has 0 amide bonds. The first-order valence-electron chi connectivity index (χ1n) is 4.27. The normalized spacial score (nSPS) is 10.1. The van der Waals surface area contributed by atoms with Crippen LogP contribution in [0.2, 0.25) is 0 Å². The lowest BCUT2D eigenvalue weighted by molar-refractivity contribution is 0.200. The predicted molar refractivity (Wildman–Crippen MR) is 51.9 cm³/mol. The Labute approximate surface area is 78.4 Å². The Kier molecular flexibility index (Phi) is 3.64. The van der Waals surface area contributed by atoms with E-state index in [2.05, 4.69) is 15.3 Å². The average Bonchev–Trinajstić information content (AvgIpc) is 2.16. The van der Waals surface area contributed by atoms with Crippen molar-refractivity contribution >= 4 is 5.82 Å². The van der Waals surface area contributed by atoms with E-state index in [0.29, 0.717) is 6.61 Å². The highest BCUT2D eigenvalue weighted by Crippen LogP contribution is 2.08. The van der Waals surface area contributed by atoms with Crippen LogP contribution in [0.3, 0.4) is 0 Å². The van der Waals surface area contributed by atoms with Crippen molar-refractivity contribution in [2.45, 2.75) is 13.3 Å². The number of ether oxygens (including phenoxy) is 1. The molecule has 4 nitrogen and oxygen atoms in total. The molecule has 0 saturated heterocycles. The van der Waals surface area contributed by atoms with Crippen molar-refractivity contribution in [1.82, 2.24) is 9.97 Å². The number of hydrogen-bond donors (Lipinski definition) is 1. The molecular weight excluding hydrogens is 166 g/mol. The summed E-state index contributed by atoms with van der Waals surface area (Å²) in [6.07, 6.45) is 2.58. The van der Waals surface area contributed by atoms with E-state index in [0.717, 1.165) is 23.6 Å². The van der Waals surface area contributed by atoms with Crippen LogP contribution >= 0.6 is 0 Å². The molecule has 0 aromatic carbocycles. The minimum Gasteiger partial charge on any atom is -0.384 e. The molecule has 0 spiro atoms. The van der Waals surface area contributed by atoms with Gasteiger partial charge in [0.15, 0.2) is 0 Å². The van der Waals surface area contributed by atoms with Gasteiger partial charge in [-0.25, -0.2) is 9.97 Å². The molecule has 1 aromatic heterocycles. The number of nitrogens with one attached hydrogen (secondary N) is 1. The molecule has 13 heavy (non-hydrogen) atoms. The largest absolute Gasteiger partial charge is 0.384 e. The van der Waals surface area contributed by atoms with E-state index in [1.807, 2.05) is 20.2 Å². The van der Waals surface area contributed by atoms with Gasteiger partial charge in [-0.3, -0.25) is 0 Å². The molecule has 1 N–H and O–H groups in total. The van der Waals surface area contributed by atoms with E-state index in [-0.39, 0.29) is 0 Å². The fourth-order valence-corrected chi connectivity index (χ4v) is 1.05. The second kappa shape index (κ2) is 4.77. The summed E-state index contributed by atoms with van der Waals surface area (Å²) in [6, 6.07) is 0. The van der Waals surface area contributed by atoms with Crippen molar-refractivity contribution in [3.8, 4) is 0 Å². The van der Waals surface area contributed by atoms with Gasteiger partial charge in [0.05, 0.1) is 6.61 Å². The third kappa shape index (κ3) is 2.66. The Morgan fingerprint density at radius 3 is 2.92 bits per heavy atom. The lowest BCUT2D eigenvalue weighted by atomic mass is 10.3. The van der Waals surface area contributed by atoms with E-state index in [1.54, 1.807) is 7.11 Å². The highest BCUT2D eigenvalue weighted by molar-refractivity contribution is 5.40. The van der Waals surface area contributed by atoms with Crippen LogP contribution in [0.5, 0.6) is 0 Å². The molecular formula is C9H15N3O. The Bertz CT molecular complexity index is 276. The smallest absolute Gasteiger partial charge is 0.132 e. The first kappa shape index (κ1) is 9.92. The zero-order chi connectivity index (χ0) is 9.68. The second-order valence-corrected chi connectivity index (χ2v) is 2.81. The summed E-state index contributed by atoms with van der Waals surface area (Å²) >= 11 is 0. The SMILES string of the molecule is CNc1nc(CCOC)ncc1C. The summed E-state index contributed by atoms with van der Waals surface area (Å²) in [5.41, 5.74) is 1.06. The summed E-state index contributed by atoms with van der Waals surface area (Å²) in [5, 5.41) is 3.02. The molecule has 0 unspecified atom stereocenters. The summed E-state index contributed by atoms with van der Waals surface area (Å²) in [7, 11) is 3.53. The minimum absolute atomic E-state index is 0.659. The zero-order valence-corrected chi connectivity index (χ0v) is 8.29. The number of hydrogen-bond acceptors (Lipinski definition) is 4. The van der Waals surface area contributed by atoms with Crippen LogP contribution in [-0.2, 0) is 11.2 Å². The van der Waals surface area contributed by atoms with E-state index < -0.39 is 0 Å². The second-order valence-electron chi connectivity index (χ2n) is 2.81. The highest BCUT2D eigenvalue weighted by atomic mass is 16.5. The number of methoxy groups -OCH3 is 1. The molecule has 4 heteroatoms. The predicted octanol–water partition coefficient (Wildman–Crippen LogP) is 1.02. The number of aromatic nitrogens is 2. The van der Waals surface area contributed by atoms with E-state index in [4.69, 9.17) is 4.74 Å². The van der Waals surface area contributed by atoms with Crippen LogP contribution in [0, 0.1) is 6.92 Å². The van der Waals surface area contributed by atoms with Crippen LogP contribution in [-0.4, -0.2) is 30.7 Å². The monoisotopic (exact) mass is 181 g/mol. The van der Waals surface area contributed by atoms with Gasteiger partial charge in [0, 0.05) is 32.3 Å². The quantitative estimate of drug-likeness (QED) is 0.753. The van der Waals surface area contributed by atoms with Crippen LogP contribution in [0.1, 0.15) is 11.4 Å². The molecule has 0 saturated carbocycles. The fourth-order valence-electron chi connectivity index (χ4n) is 1.05. The van der Waals surface area contributed by atoms with Crippen molar-refractivity contribution in [2.75, 3.05) is 26.1 Å². The van der Waals surface area contributed by atoms with Gasteiger partial charge in [-0.2, -0.15) is 0 Å². The van der Waals surface area contributed by atoms with Gasteiger partial charge in [-0.15, -0.1) is 0 Å². The standard InChI is InChI=1S/C9H15N3O/c1-7-6-11-8(4-5-13-3)12-9(7)10-2/h6H,4-5H2,1-3H3,(H,10,11,12). The van der Waals surface area contributed by atoms with Crippen molar-refractivity contribution in [3.05, 3.63) is 17.6 Å². The third-order valence-corrected chi connectivity index (χ3v) is 1.79. The van der Waals surface area contributed by atoms with E-state index >= 15 is 0 Å². The minimum atomic E-state index is 0.659. The molecule has 0 fully saturated rings. The summed E-state index contributed by atoms with van der Waals surface area (Å²) in [6.45, 7) is 2.64. The highest BCUT2D eigenvalue weighted by Gasteiger charge is 2.01. The molecule has 0 radical (unpaired) electrons. The van der Waals surface area contributed by atoms with Gasteiger partial charge in [0.1, 0.15) is 11.6 Å². The molecule has 0 aliphatic heterocycles. The van der Waals surface area contributed by atoms with Crippen LogP contribution in [0.15, 0.2) is 6.20 Å². The Morgan fingerprint density at radius 1 is 1.54 bits per heavy atom. The lowest BCUT2D eigenvalue weighted by Crippen LogP contribution is -2.04. The van der Waals surface area contributed by atoms with Crippen LogP contribution in [0.4, 0.5) is 5.82 Å². The van der Waals surface area contributed by atoms with Crippen LogP contribution in [0.25, 0.3) is 0 Å². The molecule has 1 heterocycles. The molecule has 1 aromatic rings. The topological polar surface area (TPSA) is 47.0 Å². The maximum atomic E-state index is 4.95. The van der Waals surface area contributed by atoms with Gasteiger partial charge in [-0.05, 0) is 6.92 Å². The number of aryl methyl sites for hydroxylation is 1. The average molecular weight is 181 g/mol. The molecule has 0 atom stereocenters. The van der Waals surface area contributed by atoms with Crippen molar-refractivity contribution in [2.24, 2.45) is 0 Å². The van der Waals surface area contributed by atoms with Gasteiger partial charge in [0.2, 0.25) is 0 Å². The van der Waals surface area contributed by atoms with E-state index in [9.17, 15) is 0 Å². The third-order valence-electron chi connectivity index (χ3n) is 1.79. The molecule has 0 aliphatic rings. The van der Waals surface area contributed by atoms with Gasteiger partial charge in [-0.1, -0.05) is 0 Å².